The van der Waals surface area contributed by atoms with Crippen LogP contribution < -0.4 is 5.32 Å². The molecule has 7 heteroatoms. The van der Waals surface area contributed by atoms with E-state index in [1.807, 2.05) is 0 Å². The van der Waals surface area contributed by atoms with Gasteiger partial charge in [-0.15, -0.1) is 0 Å². The predicted molar refractivity (Wildman–Crippen MR) is 101 cm³/mol. The Morgan fingerprint density at radius 3 is 2.67 bits per heavy atom. The van der Waals surface area contributed by atoms with Crippen molar-refractivity contribution >= 4 is 17.2 Å². The molecule has 1 aliphatic rings. The van der Waals surface area contributed by atoms with E-state index in [0.717, 1.165) is 0 Å². The van der Waals surface area contributed by atoms with Crippen LogP contribution in [0.3, 0.4) is 0 Å². The molecular formula is C20H19FN4O2. The number of aliphatic imine (C=N–C) groups is 2. The third-order valence-corrected chi connectivity index (χ3v) is 4.15. The van der Waals surface area contributed by atoms with Gasteiger partial charge < -0.3 is 14.8 Å². The second kappa shape index (κ2) is 8.54. The van der Waals surface area contributed by atoms with Crippen LogP contribution in [0.2, 0.25) is 0 Å². The fourth-order valence-corrected chi connectivity index (χ4v) is 2.76. The minimum Gasteiger partial charge on any atom is -0.367 e. The maximum Gasteiger partial charge on any atom is 0.173 e. The molecule has 1 heterocycles. The first-order valence-corrected chi connectivity index (χ1v) is 8.37. The minimum atomic E-state index is -0.425. The quantitative estimate of drug-likeness (QED) is 0.826. The molecule has 138 valence electrons. The van der Waals surface area contributed by atoms with Gasteiger partial charge in [-0.1, -0.05) is 12.1 Å². The van der Waals surface area contributed by atoms with Crippen LogP contribution in [-0.2, 0) is 9.47 Å². The molecular weight excluding hydrogens is 347 g/mol. The van der Waals surface area contributed by atoms with Gasteiger partial charge in [0.05, 0.1) is 36.1 Å². The number of benzene rings is 2. The first-order chi connectivity index (χ1) is 13.2. The number of hydrogen-bond acceptors (Lipinski definition) is 6. The van der Waals surface area contributed by atoms with Crippen molar-refractivity contribution in [3.8, 4) is 6.07 Å². The molecule has 0 bridgehead atoms. The molecule has 0 spiro atoms. The Morgan fingerprint density at radius 2 is 1.96 bits per heavy atom. The average molecular weight is 366 g/mol. The second-order valence-electron chi connectivity index (χ2n) is 5.83. The molecule has 0 aromatic heterocycles. The van der Waals surface area contributed by atoms with E-state index in [9.17, 15) is 9.65 Å². The summed E-state index contributed by atoms with van der Waals surface area (Å²) in [5.74, 6) is 0.228. The number of hydrogen-bond donors (Lipinski definition) is 1. The maximum atomic E-state index is 14.4. The normalized spacial score (nSPS) is 13.3. The van der Waals surface area contributed by atoms with Crippen molar-refractivity contribution in [2.45, 2.75) is 6.29 Å². The molecule has 0 radical (unpaired) electrons. The smallest absolute Gasteiger partial charge is 0.173 e. The average Bonchev–Trinajstić information content (AvgIpc) is 2.88. The number of ether oxygens (including phenoxy) is 2. The highest BCUT2D eigenvalue weighted by Crippen LogP contribution is 2.27. The number of nitrogens with zero attached hydrogens (tertiary/aromatic N) is 3. The summed E-state index contributed by atoms with van der Waals surface area (Å²) in [5, 5.41) is 12.4. The van der Waals surface area contributed by atoms with Crippen molar-refractivity contribution in [2.75, 3.05) is 27.3 Å². The standard InChI is InChI=1S/C20H19FN4O2/c1-26-19(27-2)12-23-18-11-24-20(14-5-3-4-6-16(14)21)15-9-13(10-22)7-8-17(15)25-18/h3-9,19H,11-12H2,1-2H3,(H,23,25). The Bertz CT molecular complexity index is 930. The summed E-state index contributed by atoms with van der Waals surface area (Å²) in [6.07, 6.45) is -0.425. The van der Waals surface area contributed by atoms with Crippen molar-refractivity contribution in [3.05, 3.63) is 65.0 Å². The van der Waals surface area contributed by atoms with Crippen LogP contribution in [0.1, 0.15) is 16.7 Å². The summed E-state index contributed by atoms with van der Waals surface area (Å²) in [6, 6.07) is 13.6. The summed E-state index contributed by atoms with van der Waals surface area (Å²) >= 11 is 0. The van der Waals surface area contributed by atoms with Gasteiger partial charge in [0.2, 0.25) is 0 Å². The third kappa shape index (κ3) is 4.19. The molecule has 1 aliphatic heterocycles. The van der Waals surface area contributed by atoms with Gasteiger partial charge in [-0.3, -0.25) is 4.99 Å². The van der Waals surface area contributed by atoms with Gasteiger partial charge in [0.1, 0.15) is 11.7 Å². The largest absolute Gasteiger partial charge is 0.367 e. The molecule has 0 atom stereocenters. The van der Waals surface area contributed by atoms with E-state index in [1.54, 1.807) is 50.6 Å². The molecule has 0 aliphatic carbocycles. The van der Waals surface area contributed by atoms with Crippen molar-refractivity contribution in [1.82, 2.24) is 5.32 Å². The number of amidine groups is 1. The van der Waals surface area contributed by atoms with Crippen molar-refractivity contribution in [1.29, 1.82) is 5.26 Å². The predicted octanol–water partition coefficient (Wildman–Crippen LogP) is 2.79. The molecule has 0 saturated carbocycles. The van der Waals surface area contributed by atoms with Gasteiger partial charge in [-0.2, -0.15) is 5.26 Å². The first-order valence-electron chi connectivity index (χ1n) is 8.37. The molecule has 27 heavy (non-hydrogen) atoms. The number of rotatable bonds is 5. The van der Waals surface area contributed by atoms with Gasteiger partial charge in [0.15, 0.2) is 6.29 Å². The molecule has 1 N–H and O–H groups in total. The van der Waals surface area contributed by atoms with Gasteiger partial charge in [-0.05, 0) is 30.3 Å². The Kier molecular flexibility index (Phi) is 5.91. The van der Waals surface area contributed by atoms with Crippen LogP contribution in [0, 0.1) is 17.1 Å². The van der Waals surface area contributed by atoms with Gasteiger partial charge >= 0.3 is 0 Å². The Labute approximate surface area is 157 Å². The molecule has 3 rings (SSSR count). The highest BCUT2D eigenvalue weighted by atomic mass is 19.1. The highest BCUT2D eigenvalue weighted by Gasteiger charge is 2.19. The zero-order valence-corrected chi connectivity index (χ0v) is 15.1. The van der Waals surface area contributed by atoms with E-state index in [1.165, 1.54) is 6.07 Å². The van der Waals surface area contributed by atoms with Crippen LogP contribution in [0.4, 0.5) is 10.1 Å². The number of methoxy groups -OCH3 is 2. The summed E-state index contributed by atoms with van der Waals surface area (Å²) in [6.45, 7) is 0.627. The van der Waals surface area contributed by atoms with Crippen molar-refractivity contribution in [2.24, 2.45) is 9.98 Å². The minimum absolute atomic E-state index is 0.236. The van der Waals surface area contributed by atoms with E-state index < -0.39 is 6.29 Å². The number of fused-ring (bicyclic) bond motifs is 1. The number of nitrogens with one attached hydrogen (secondary N) is 1. The molecule has 2 aromatic rings. The SMILES string of the molecule is COC(CNC1=Nc2ccc(C#N)cc2C(c2ccccc2F)=NC1)OC. The van der Waals surface area contributed by atoms with E-state index in [0.29, 0.717) is 40.5 Å². The van der Waals surface area contributed by atoms with Gasteiger partial charge in [0.25, 0.3) is 0 Å². The van der Waals surface area contributed by atoms with Crippen LogP contribution >= 0.6 is 0 Å². The lowest BCUT2D eigenvalue weighted by Crippen LogP contribution is -2.35. The lowest BCUT2D eigenvalue weighted by atomic mass is 9.98. The fraction of sp³-hybridized carbons (Fsp3) is 0.250. The van der Waals surface area contributed by atoms with E-state index in [4.69, 9.17) is 9.47 Å². The van der Waals surface area contributed by atoms with Crippen LogP contribution in [-0.4, -0.2) is 45.1 Å². The summed E-state index contributed by atoms with van der Waals surface area (Å²) in [5.41, 5.74) is 2.53. The lowest BCUT2D eigenvalue weighted by molar-refractivity contribution is -0.0965. The monoisotopic (exact) mass is 366 g/mol. The zero-order valence-electron chi connectivity index (χ0n) is 15.1. The second-order valence-corrected chi connectivity index (χ2v) is 5.83. The first kappa shape index (κ1) is 18.7. The van der Waals surface area contributed by atoms with E-state index in [2.05, 4.69) is 21.4 Å². The lowest BCUT2D eigenvalue weighted by Gasteiger charge is -2.15. The molecule has 0 saturated heterocycles. The highest BCUT2D eigenvalue weighted by molar-refractivity contribution is 6.17. The van der Waals surface area contributed by atoms with Gasteiger partial charge in [-0.25, -0.2) is 9.38 Å². The molecule has 0 unspecified atom stereocenters. The van der Waals surface area contributed by atoms with Crippen LogP contribution in [0.5, 0.6) is 0 Å². The van der Waals surface area contributed by atoms with Crippen molar-refractivity contribution in [3.63, 3.8) is 0 Å². The van der Waals surface area contributed by atoms with Crippen molar-refractivity contribution < 1.29 is 13.9 Å². The molecule has 2 aromatic carbocycles. The zero-order chi connectivity index (χ0) is 19.2. The summed E-state index contributed by atoms with van der Waals surface area (Å²) in [7, 11) is 3.11. The van der Waals surface area contributed by atoms with Crippen LogP contribution in [0.15, 0.2) is 52.4 Å². The summed E-state index contributed by atoms with van der Waals surface area (Å²) in [4.78, 5) is 9.18. The maximum absolute atomic E-state index is 14.4. The Balaban J connectivity index is 2.02. The molecule has 6 nitrogen and oxygen atoms in total. The number of nitriles is 1. The Hall–Kier alpha value is -3.08. The van der Waals surface area contributed by atoms with E-state index in [-0.39, 0.29) is 12.4 Å². The Morgan fingerprint density at radius 1 is 1.19 bits per heavy atom. The van der Waals surface area contributed by atoms with E-state index >= 15 is 0 Å². The summed E-state index contributed by atoms with van der Waals surface area (Å²) < 4.78 is 24.7. The van der Waals surface area contributed by atoms with Gasteiger partial charge in [0, 0.05) is 25.3 Å². The number of halogens is 1. The van der Waals surface area contributed by atoms with Crippen LogP contribution in [0.25, 0.3) is 0 Å². The molecule has 0 amide bonds. The molecule has 0 fully saturated rings. The third-order valence-electron chi connectivity index (χ3n) is 4.15. The topological polar surface area (TPSA) is 79.0 Å². The fourth-order valence-electron chi connectivity index (χ4n) is 2.76.